The van der Waals surface area contributed by atoms with Gasteiger partial charge in [0.1, 0.15) is 0 Å². The van der Waals surface area contributed by atoms with Crippen molar-refractivity contribution in [1.29, 1.82) is 0 Å². The predicted octanol–water partition coefficient (Wildman–Crippen LogP) is 11.1. The highest BCUT2D eigenvalue weighted by Crippen LogP contribution is 2.59. The number of aliphatic hydroxyl groups excluding tert-OH is 1. The number of carbonyl (C=O) groups is 1. The van der Waals surface area contributed by atoms with Crippen molar-refractivity contribution in [2.75, 3.05) is 6.61 Å². The molecule has 3 aliphatic rings. The van der Waals surface area contributed by atoms with E-state index in [1.165, 1.54) is 18.4 Å². The molecule has 0 spiro atoms. The second-order valence-electron chi connectivity index (χ2n) is 19.1. The van der Waals surface area contributed by atoms with E-state index in [-0.39, 0.29) is 33.7 Å². The molecule has 0 bridgehead atoms. The molecule has 5 nitrogen and oxygen atoms in total. The Hall–Kier alpha value is -1.26. The van der Waals surface area contributed by atoms with Gasteiger partial charge >= 0.3 is 5.97 Å². The van der Waals surface area contributed by atoms with Gasteiger partial charge in [0.25, 0.3) is 0 Å². The average molecular weight is 701 g/mol. The molecule has 1 N–H and O–H groups in total. The van der Waals surface area contributed by atoms with Crippen LogP contribution < -0.4 is 0 Å². The Balaban J connectivity index is 1.83. The molecule has 274 valence electrons. The minimum Gasteiger partial charge on any atom is -0.465 e. The predicted molar refractivity (Wildman–Crippen MR) is 207 cm³/mol. The van der Waals surface area contributed by atoms with Crippen LogP contribution in [0.1, 0.15) is 121 Å². The van der Waals surface area contributed by atoms with Gasteiger partial charge in [-0.15, -0.1) is 0 Å². The van der Waals surface area contributed by atoms with E-state index in [1.807, 2.05) is 6.08 Å². The summed E-state index contributed by atoms with van der Waals surface area (Å²) < 4.78 is 19.3. The van der Waals surface area contributed by atoms with Gasteiger partial charge < -0.3 is 18.7 Å². The Kier molecular flexibility index (Phi) is 13.0. The van der Waals surface area contributed by atoms with E-state index < -0.39 is 28.2 Å². The van der Waals surface area contributed by atoms with Crippen LogP contribution in [-0.2, 0) is 18.4 Å². The average Bonchev–Trinajstić information content (AvgIpc) is 3.30. The number of carbonyl (C=O) groups excluding carboxylic acids is 1. The van der Waals surface area contributed by atoms with Crippen LogP contribution in [0.15, 0.2) is 47.6 Å². The van der Waals surface area contributed by atoms with Crippen LogP contribution in [0.2, 0.25) is 36.3 Å². The van der Waals surface area contributed by atoms with Gasteiger partial charge in [-0.25, -0.2) is 0 Å². The van der Waals surface area contributed by atoms with Crippen LogP contribution in [0.25, 0.3) is 0 Å². The van der Waals surface area contributed by atoms with Crippen LogP contribution >= 0.6 is 0 Å². The molecular formula is C41H72O5Si2. The molecule has 0 aromatic rings. The Bertz CT molecular complexity index is 1210. The minimum atomic E-state index is -1.92. The zero-order chi connectivity index (χ0) is 36.5. The third kappa shape index (κ3) is 9.34. The first-order valence-electron chi connectivity index (χ1n) is 18.8. The van der Waals surface area contributed by atoms with Gasteiger partial charge in [0, 0.05) is 0 Å². The summed E-state index contributed by atoms with van der Waals surface area (Å²) in [7, 11) is -3.84. The highest BCUT2D eigenvalue weighted by atomic mass is 28.4. The van der Waals surface area contributed by atoms with Crippen LogP contribution in [-0.4, -0.2) is 52.6 Å². The summed E-state index contributed by atoms with van der Waals surface area (Å²) in [5.41, 5.74) is 3.23. The SMILES string of the molecule is C=C(/C=C/[C@@H](O)C(C)(C)C(=O)OCC)[C@H]1CC[C@H]2/C(=C/C=C3C[C@@H](O[Si](C)(C)C(C)(C)C)C[C@H](O[Si](C)(C)C(C)(C)C)C3)CCC[C@]12C. The first kappa shape index (κ1) is 41.2. The zero-order valence-corrected chi connectivity index (χ0v) is 35.3. The lowest BCUT2D eigenvalue weighted by atomic mass is 9.62. The molecule has 0 unspecified atom stereocenters. The first-order valence-corrected chi connectivity index (χ1v) is 24.6. The van der Waals surface area contributed by atoms with Gasteiger partial charge in [0.05, 0.1) is 30.3 Å². The van der Waals surface area contributed by atoms with Gasteiger partial charge in [0.2, 0.25) is 0 Å². The Morgan fingerprint density at radius 3 is 2.00 bits per heavy atom. The largest absolute Gasteiger partial charge is 0.465 e. The summed E-state index contributed by atoms with van der Waals surface area (Å²) in [5.74, 6) is 0.499. The summed E-state index contributed by atoms with van der Waals surface area (Å²) in [6.07, 6.45) is 16.8. The standard InChI is InChI=1S/C41H72O5Si2/c1-16-44-37(43)40(9,10)36(42)24-19-29(2)34-22-23-35-31(18-17-25-41(34,35)11)21-20-30-26-32(45-47(12,13)38(3,4)5)28-33(27-30)46-48(14,15)39(6,7)8/h19-21,24,32-36,42H,2,16-18,22-23,25-28H2,1,3-15H3/b24-19+,31-21+/t32-,33-,34-,35+,36-,41-/m1/s1. The zero-order valence-electron chi connectivity index (χ0n) is 33.3. The van der Waals surface area contributed by atoms with Crippen molar-refractivity contribution in [2.45, 2.75) is 175 Å². The normalized spacial score (nSPS) is 29.2. The summed E-state index contributed by atoms with van der Waals surface area (Å²) >= 11 is 0. The number of aliphatic hydroxyl groups is 1. The second kappa shape index (κ2) is 15.2. The third-order valence-electron chi connectivity index (χ3n) is 13.0. The number of ether oxygens (including phenoxy) is 1. The monoisotopic (exact) mass is 700 g/mol. The van der Waals surface area contributed by atoms with Gasteiger partial charge in [0.15, 0.2) is 16.6 Å². The van der Waals surface area contributed by atoms with Crippen LogP contribution in [0.5, 0.6) is 0 Å². The molecule has 48 heavy (non-hydrogen) atoms. The van der Waals surface area contributed by atoms with Gasteiger partial charge in [-0.3, -0.25) is 4.79 Å². The number of esters is 1. The fourth-order valence-electron chi connectivity index (χ4n) is 7.71. The van der Waals surface area contributed by atoms with Crippen molar-refractivity contribution in [3.05, 3.63) is 47.6 Å². The highest BCUT2D eigenvalue weighted by molar-refractivity contribution is 6.74. The molecule has 0 aromatic carbocycles. The third-order valence-corrected chi connectivity index (χ3v) is 22.1. The molecule has 3 fully saturated rings. The Morgan fingerprint density at radius 2 is 1.50 bits per heavy atom. The van der Waals surface area contributed by atoms with Crippen molar-refractivity contribution in [2.24, 2.45) is 22.7 Å². The molecule has 6 atom stereocenters. The van der Waals surface area contributed by atoms with Crippen molar-refractivity contribution in [1.82, 2.24) is 0 Å². The molecule has 0 heterocycles. The lowest BCUT2D eigenvalue weighted by molar-refractivity contribution is -0.158. The molecule has 0 amide bonds. The van der Waals surface area contributed by atoms with Crippen molar-refractivity contribution >= 4 is 22.6 Å². The van der Waals surface area contributed by atoms with E-state index in [1.54, 1.807) is 32.4 Å². The molecule has 0 saturated heterocycles. The number of allylic oxidation sites excluding steroid dienone is 5. The van der Waals surface area contributed by atoms with Crippen LogP contribution in [0.3, 0.4) is 0 Å². The van der Waals surface area contributed by atoms with E-state index in [0.717, 1.165) is 44.1 Å². The maximum Gasteiger partial charge on any atom is 0.314 e. The maximum atomic E-state index is 12.4. The number of hydrogen-bond donors (Lipinski definition) is 1. The second-order valence-corrected chi connectivity index (χ2v) is 28.6. The van der Waals surface area contributed by atoms with Crippen molar-refractivity contribution in [3.63, 3.8) is 0 Å². The van der Waals surface area contributed by atoms with E-state index in [9.17, 15) is 9.90 Å². The lowest BCUT2D eigenvalue weighted by Gasteiger charge is -2.45. The van der Waals surface area contributed by atoms with E-state index in [2.05, 4.69) is 93.4 Å². The van der Waals surface area contributed by atoms with Crippen molar-refractivity contribution < 1.29 is 23.5 Å². The number of rotatable bonds is 11. The van der Waals surface area contributed by atoms with Gasteiger partial charge in [-0.1, -0.05) is 96.1 Å². The van der Waals surface area contributed by atoms with E-state index in [4.69, 9.17) is 13.6 Å². The van der Waals surface area contributed by atoms with E-state index in [0.29, 0.717) is 18.4 Å². The summed E-state index contributed by atoms with van der Waals surface area (Å²) in [4.78, 5) is 12.4. The van der Waals surface area contributed by atoms with Crippen LogP contribution in [0, 0.1) is 22.7 Å². The number of hydrogen-bond acceptors (Lipinski definition) is 5. The first-order chi connectivity index (χ1) is 21.9. The van der Waals surface area contributed by atoms with Crippen LogP contribution in [0.4, 0.5) is 0 Å². The minimum absolute atomic E-state index is 0.139. The maximum absolute atomic E-state index is 12.4. The number of fused-ring (bicyclic) bond motifs is 1. The molecule has 3 aliphatic carbocycles. The molecule has 7 heteroatoms. The van der Waals surface area contributed by atoms with Gasteiger partial charge in [-0.2, -0.15) is 0 Å². The summed E-state index contributed by atoms with van der Waals surface area (Å²) in [6.45, 7) is 36.0. The Labute approximate surface area is 297 Å². The lowest BCUT2D eigenvalue weighted by Crippen LogP contribution is -2.48. The molecule has 3 rings (SSSR count). The topological polar surface area (TPSA) is 65.0 Å². The molecule has 3 saturated carbocycles. The molecule has 0 radical (unpaired) electrons. The quantitative estimate of drug-likeness (QED) is 0.132. The summed E-state index contributed by atoms with van der Waals surface area (Å²) in [5, 5.41) is 11.2. The fourth-order valence-corrected chi connectivity index (χ4v) is 10.4. The van der Waals surface area contributed by atoms with E-state index >= 15 is 0 Å². The van der Waals surface area contributed by atoms with Gasteiger partial charge in [-0.05, 0) is 126 Å². The molecule has 0 aliphatic heterocycles. The molecular weight excluding hydrogens is 629 g/mol. The van der Waals surface area contributed by atoms with Crippen molar-refractivity contribution in [3.8, 4) is 0 Å². The Morgan fingerprint density at radius 1 is 0.958 bits per heavy atom. The smallest absolute Gasteiger partial charge is 0.314 e. The fraction of sp³-hybridized carbons (Fsp3) is 0.780. The highest BCUT2D eigenvalue weighted by Gasteiger charge is 2.50. The summed E-state index contributed by atoms with van der Waals surface area (Å²) in [6, 6.07) is 0. The molecule has 0 aromatic heterocycles.